The van der Waals surface area contributed by atoms with E-state index >= 15 is 0 Å². The number of rotatable bonds is 9. The quantitative estimate of drug-likeness (QED) is 0.311. The van der Waals surface area contributed by atoms with Crippen LogP contribution in [-0.2, 0) is 6.42 Å². The third kappa shape index (κ3) is 4.35. The van der Waals surface area contributed by atoms with Gasteiger partial charge in [-0.2, -0.15) is 0 Å². The third-order valence-corrected chi connectivity index (χ3v) is 5.95. The molecule has 3 aromatic carbocycles. The first-order chi connectivity index (χ1) is 14.7. The zero-order valence-corrected chi connectivity index (χ0v) is 18.0. The number of benzene rings is 3. The van der Waals surface area contributed by atoms with Crippen molar-refractivity contribution in [1.82, 2.24) is 0 Å². The van der Waals surface area contributed by atoms with E-state index in [-0.39, 0.29) is 5.82 Å². The number of para-hydroxylation sites is 1. The number of hydrogen-bond donors (Lipinski definition) is 1. The Morgan fingerprint density at radius 2 is 1.60 bits per heavy atom. The van der Waals surface area contributed by atoms with Crippen LogP contribution in [0.15, 0.2) is 60.7 Å². The van der Waals surface area contributed by atoms with Gasteiger partial charge in [-0.1, -0.05) is 51.0 Å². The zero-order valence-electron chi connectivity index (χ0n) is 18.0. The molecule has 0 atom stereocenters. The molecule has 156 valence electrons. The molecule has 0 saturated heterocycles. The van der Waals surface area contributed by atoms with Gasteiger partial charge in [0.2, 0.25) is 0 Å². The molecule has 0 aromatic heterocycles. The molecule has 3 aromatic rings. The summed E-state index contributed by atoms with van der Waals surface area (Å²) in [6.45, 7) is 6.75. The van der Waals surface area contributed by atoms with Gasteiger partial charge in [-0.05, 0) is 77.9 Å². The summed E-state index contributed by atoms with van der Waals surface area (Å²) < 4.78 is 14.0. The monoisotopic (exact) mass is 402 g/mol. The first-order valence-corrected chi connectivity index (χ1v) is 11.2. The van der Waals surface area contributed by atoms with Crippen molar-refractivity contribution in [2.45, 2.75) is 46.0 Å². The highest BCUT2D eigenvalue weighted by molar-refractivity contribution is 5.81. The second-order valence-electron chi connectivity index (χ2n) is 8.19. The van der Waals surface area contributed by atoms with E-state index in [1.165, 1.54) is 59.7 Å². The maximum atomic E-state index is 14.0. The van der Waals surface area contributed by atoms with E-state index < -0.39 is 0 Å². The topological polar surface area (TPSA) is 15.3 Å². The lowest BCUT2D eigenvalue weighted by atomic mass is 10.0. The molecule has 30 heavy (non-hydrogen) atoms. The average Bonchev–Trinajstić information content (AvgIpc) is 3.12. The molecule has 0 fully saturated rings. The molecule has 3 heteroatoms. The van der Waals surface area contributed by atoms with Crippen molar-refractivity contribution in [3.63, 3.8) is 0 Å². The lowest BCUT2D eigenvalue weighted by Gasteiger charge is -2.25. The van der Waals surface area contributed by atoms with Gasteiger partial charge in [0.1, 0.15) is 5.82 Å². The van der Waals surface area contributed by atoms with E-state index in [0.717, 1.165) is 25.2 Å². The molecular weight excluding hydrogens is 371 g/mol. The van der Waals surface area contributed by atoms with Gasteiger partial charge >= 0.3 is 0 Å². The first-order valence-electron chi connectivity index (χ1n) is 11.2. The molecule has 1 aliphatic rings. The fourth-order valence-electron chi connectivity index (χ4n) is 4.24. The molecular formula is C27H31FN2. The van der Waals surface area contributed by atoms with Crippen LogP contribution >= 0.6 is 0 Å². The van der Waals surface area contributed by atoms with Crippen LogP contribution in [0, 0.1) is 5.82 Å². The number of fused-ring (bicyclic) bond motifs is 3. The van der Waals surface area contributed by atoms with Crippen LogP contribution in [0.3, 0.4) is 0 Å². The summed E-state index contributed by atoms with van der Waals surface area (Å²) in [7, 11) is 0. The van der Waals surface area contributed by atoms with Crippen LogP contribution in [0.25, 0.3) is 11.1 Å². The number of halogens is 1. The molecule has 2 nitrogen and oxygen atoms in total. The summed E-state index contributed by atoms with van der Waals surface area (Å²) in [5, 5.41) is 3.22. The Morgan fingerprint density at radius 3 is 2.33 bits per heavy atom. The molecule has 0 radical (unpaired) electrons. The summed E-state index contributed by atoms with van der Waals surface area (Å²) in [5.74, 6) is -0.231. The van der Waals surface area contributed by atoms with Gasteiger partial charge in [-0.3, -0.25) is 0 Å². The third-order valence-electron chi connectivity index (χ3n) is 5.95. The summed E-state index contributed by atoms with van der Waals surface area (Å²) in [4.78, 5) is 2.54. The normalized spacial score (nSPS) is 11.8. The van der Waals surface area contributed by atoms with Crippen LogP contribution in [-0.4, -0.2) is 13.1 Å². The number of anilines is 3. The van der Waals surface area contributed by atoms with Gasteiger partial charge < -0.3 is 10.2 Å². The molecule has 0 unspecified atom stereocenters. The minimum Gasteiger partial charge on any atom is -0.372 e. The van der Waals surface area contributed by atoms with Gasteiger partial charge in [0.15, 0.2) is 0 Å². The minimum absolute atomic E-state index is 0.231. The van der Waals surface area contributed by atoms with Crippen LogP contribution in [0.5, 0.6) is 0 Å². The van der Waals surface area contributed by atoms with E-state index in [2.05, 4.69) is 60.5 Å². The first kappa shape index (κ1) is 20.5. The number of nitrogens with one attached hydrogen (secondary N) is 1. The molecule has 0 bridgehead atoms. The van der Waals surface area contributed by atoms with Gasteiger partial charge in [0, 0.05) is 24.5 Å². The zero-order chi connectivity index (χ0) is 20.9. The van der Waals surface area contributed by atoms with Crippen LogP contribution < -0.4 is 10.2 Å². The van der Waals surface area contributed by atoms with Crippen molar-refractivity contribution < 1.29 is 4.39 Å². The maximum Gasteiger partial charge on any atom is 0.146 e. The van der Waals surface area contributed by atoms with Gasteiger partial charge in [0.05, 0.1) is 5.69 Å². The average molecular weight is 403 g/mol. The standard InChI is InChI=1S/C27H31FN2/c1-3-5-15-30(16-6-4-2)23-13-11-20-17-21-18-22(12-14-24(21)25(20)19-23)29-27-10-8-7-9-26(27)28/h7-14,18-19,29H,3-6,15-17H2,1-2H3. The summed E-state index contributed by atoms with van der Waals surface area (Å²) in [6, 6.07) is 20.1. The van der Waals surface area contributed by atoms with E-state index in [9.17, 15) is 4.39 Å². The fraction of sp³-hybridized carbons (Fsp3) is 0.333. The fourth-order valence-corrected chi connectivity index (χ4v) is 4.24. The van der Waals surface area contributed by atoms with Crippen molar-refractivity contribution in [2.24, 2.45) is 0 Å². The second kappa shape index (κ2) is 9.34. The molecule has 1 N–H and O–H groups in total. The smallest absolute Gasteiger partial charge is 0.146 e. The second-order valence-corrected chi connectivity index (χ2v) is 8.19. The van der Waals surface area contributed by atoms with Crippen molar-refractivity contribution in [3.8, 4) is 11.1 Å². The highest BCUT2D eigenvalue weighted by atomic mass is 19.1. The van der Waals surface area contributed by atoms with Crippen molar-refractivity contribution in [1.29, 1.82) is 0 Å². The molecule has 0 spiro atoms. The highest BCUT2D eigenvalue weighted by Gasteiger charge is 2.20. The van der Waals surface area contributed by atoms with Gasteiger partial charge in [-0.25, -0.2) is 4.39 Å². The lowest BCUT2D eigenvalue weighted by molar-refractivity contribution is 0.632. The van der Waals surface area contributed by atoms with Crippen LogP contribution in [0.4, 0.5) is 21.5 Å². The van der Waals surface area contributed by atoms with Gasteiger partial charge in [-0.15, -0.1) is 0 Å². The molecule has 0 aliphatic heterocycles. The largest absolute Gasteiger partial charge is 0.372 e. The van der Waals surface area contributed by atoms with E-state index in [0.29, 0.717) is 5.69 Å². The molecule has 0 saturated carbocycles. The Morgan fingerprint density at radius 1 is 0.833 bits per heavy atom. The summed E-state index contributed by atoms with van der Waals surface area (Å²) >= 11 is 0. The maximum absolute atomic E-state index is 14.0. The number of nitrogens with zero attached hydrogens (tertiary/aromatic N) is 1. The Kier molecular flexibility index (Phi) is 6.37. The van der Waals surface area contributed by atoms with E-state index in [4.69, 9.17) is 0 Å². The van der Waals surface area contributed by atoms with Crippen LogP contribution in [0.2, 0.25) is 0 Å². The van der Waals surface area contributed by atoms with Crippen LogP contribution in [0.1, 0.15) is 50.7 Å². The molecule has 0 heterocycles. The number of unbranched alkanes of at least 4 members (excludes halogenated alkanes) is 2. The lowest BCUT2D eigenvalue weighted by Crippen LogP contribution is -2.25. The molecule has 0 amide bonds. The van der Waals surface area contributed by atoms with Crippen molar-refractivity contribution >= 4 is 17.1 Å². The van der Waals surface area contributed by atoms with E-state index in [1.54, 1.807) is 12.1 Å². The molecule has 1 aliphatic carbocycles. The van der Waals surface area contributed by atoms with Crippen molar-refractivity contribution in [3.05, 3.63) is 77.6 Å². The van der Waals surface area contributed by atoms with Crippen molar-refractivity contribution in [2.75, 3.05) is 23.3 Å². The Hall–Kier alpha value is -2.81. The Balaban J connectivity index is 1.58. The Bertz CT molecular complexity index is 1000. The predicted molar refractivity (Wildman–Crippen MR) is 126 cm³/mol. The van der Waals surface area contributed by atoms with Gasteiger partial charge in [0.25, 0.3) is 0 Å². The molecule has 4 rings (SSSR count). The highest BCUT2D eigenvalue weighted by Crippen LogP contribution is 2.40. The number of hydrogen-bond acceptors (Lipinski definition) is 2. The Labute approximate surface area is 179 Å². The summed E-state index contributed by atoms with van der Waals surface area (Å²) in [6.07, 6.45) is 5.81. The SMILES string of the molecule is CCCCN(CCCC)c1ccc2c(c1)-c1ccc(Nc3ccccc3F)cc1C2. The predicted octanol–water partition coefficient (Wildman–Crippen LogP) is 7.55. The minimum atomic E-state index is -0.231. The van der Waals surface area contributed by atoms with E-state index in [1.807, 2.05) is 6.07 Å². The summed E-state index contributed by atoms with van der Waals surface area (Å²) in [5.41, 5.74) is 8.10.